The summed E-state index contributed by atoms with van der Waals surface area (Å²) in [7, 11) is 0. The number of alkyl halides is 3. The number of hydrogen-bond acceptors (Lipinski definition) is 3. The summed E-state index contributed by atoms with van der Waals surface area (Å²) in [6, 6.07) is 0. The Morgan fingerprint density at radius 2 is 1.88 bits per heavy atom. The molecule has 1 saturated carbocycles. The Morgan fingerprint density at radius 3 is 2.29 bits per heavy atom. The first-order chi connectivity index (χ1) is 7.77. The summed E-state index contributed by atoms with van der Waals surface area (Å²) in [5, 5.41) is 11.9. The molecule has 0 aliphatic heterocycles. The molecule has 0 spiro atoms. The van der Waals surface area contributed by atoms with E-state index in [0.717, 1.165) is 0 Å². The lowest BCUT2D eigenvalue weighted by molar-refractivity contribution is -0.167. The highest BCUT2D eigenvalue weighted by atomic mass is 19.4. The van der Waals surface area contributed by atoms with E-state index < -0.39 is 17.8 Å². The van der Waals surface area contributed by atoms with Gasteiger partial charge in [0.05, 0.1) is 12.7 Å². The summed E-state index contributed by atoms with van der Waals surface area (Å²) in [5.74, 6) is 0.347. The van der Waals surface area contributed by atoms with Gasteiger partial charge in [0.2, 0.25) is 0 Å². The molecule has 1 rings (SSSR count). The van der Waals surface area contributed by atoms with Gasteiger partial charge in [0, 0.05) is 13.2 Å². The third-order valence-electron chi connectivity index (χ3n) is 2.73. The molecule has 17 heavy (non-hydrogen) atoms. The lowest BCUT2D eigenvalue weighted by Gasteiger charge is -2.22. The van der Waals surface area contributed by atoms with E-state index >= 15 is 0 Å². The maximum absolute atomic E-state index is 12.5. The van der Waals surface area contributed by atoms with Gasteiger partial charge in [-0.2, -0.15) is 13.2 Å². The Kier molecular flexibility index (Phi) is 4.80. The quantitative estimate of drug-likeness (QED) is 0.727. The molecule has 3 nitrogen and oxygen atoms in total. The number of rotatable bonds is 7. The van der Waals surface area contributed by atoms with Gasteiger partial charge in [0.25, 0.3) is 0 Å². The van der Waals surface area contributed by atoms with Gasteiger partial charge in [-0.3, -0.25) is 0 Å². The van der Waals surface area contributed by atoms with Crippen LogP contribution >= 0.6 is 0 Å². The molecule has 1 aliphatic rings. The van der Waals surface area contributed by atoms with E-state index in [2.05, 4.69) is 5.32 Å². The topological polar surface area (TPSA) is 41.5 Å². The van der Waals surface area contributed by atoms with Crippen molar-refractivity contribution in [2.45, 2.75) is 44.5 Å². The van der Waals surface area contributed by atoms with E-state index in [0.29, 0.717) is 12.5 Å². The van der Waals surface area contributed by atoms with E-state index in [-0.39, 0.29) is 26.0 Å². The number of halogens is 3. The monoisotopic (exact) mass is 255 g/mol. The molecule has 0 radical (unpaired) electrons. The van der Waals surface area contributed by atoms with Crippen LogP contribution in [0.25, 0.3) is 0 Å². The molecule has 0 aromatic heterocycles. The predicted octanol–water partition coefficient (Wildman–Crippen LogP) is 1.70. The van der Waals surface area contributed by atoms with Gasteiger partial charge in [-0.1, -0.05) is 13.8 Å². The second-order valence-corrected chi connectivity index (χ2v) is 5.05. The molecule has 0 saturated heterocycles. The van der Waals surface area contributed by atoms with E-state index in [4.69, 9.17) is 4.74 Å². The maximum Gasteiger partial charge on any atom is 0.406 e. The number of aliphatic hydroxyl groups is 1. The summed E-state index contributed by atoms with van der Waals surface area (Å²) in [6.07, 6.45) is -4.94. The number of nitrogens with one attached hydrogen (secondary N) is 1. The van der Waals surface area contributed by atoms with Crippen LogP contribution in [0.15, 0.2) is 0 Å². The highest BCUT2D eigenvalue weighted by Gasteiger charge is 2.63. The molecule has 0 bridgehead atoms. The molecular formula is C11H20F3NO2. The molecule has 102 valence electrons. The fraction of sp³-hybridized carbons (Fsp3) is 1.00. The van der Waals surface area contributed by atoms with Crippen molar-refractivity contribution in [2.75, 3.05) is 19.8 Å². The molecule has 0 aromatic carbocycles. The van der Waals surface area contributed by atoms with Crippen molar-refractivity contribution in [1.82, 2.24) is 5.32 Å². The molecule has 6 heteroatoms. The van der Waals surface area contributed by atoms with Crippen molar-refractivity contribution in [3.63, 3.8) is 0 Å². The van der Waals surface area contributed by atoms with E-state index in [9.17, 15) is 18.3 Å². The molecule has 1 unspecified atom stereocenters. The normalized spacial score (nSPS) is 20.6. The van der Waals surface area contributed by atoms with Crippen LogP contribution in [0.2, 0.25) is 0 Å². The Bertz CT molecular complexity index is 239. The minimum absolute atomic E-state index is 0.0686. The van der Waals surface area contributed by atoms with Crippen LogP contribution in [0.3, 0.4) is 0 Å². The van der Waals surface area contributed by atoms with Gasteiger partial charge >= 0.3 is 6.18 Å². The first-order valence-electron chi connectivity index (χ1n) is 5.84. The average Bonchev–Trinajstić information content (AvgIpc) is 2.93. The molecular weight excluding hydrogens is 235 g/mol. The zero-order valence-electron chi connectivity index (χ0n) is 10.2. The standard InChI is InChI=1S/C11H20F3NO2/c1-8(2)6-17-7-9(16)5-15-10(3-4-10)11(12,13)14/h8-9,15-16H,3-7H2,1-2H3. The van der Waals surface area contributed by atoms with Crippen LogP contribution in [-0.4, -0.2) is 42.7 Å². The van der Waals surface area contributed by atoms with Gasteiger partial charge in [-0.25, -0.2) is 0 Å². The van der Waals surface area contributed by atoms with Crippen LogP contribution in [0, 0.1) is 5.92 Å². The lowest BCUT2D eigenvalue weighted by Crippen LogP contribution is -2.48. The maximum atomic E-state index is 12.5. The molecule has 0 aromatic rings. The lowest BCUT2D eigenvalue weighted by atomic mass is 10.2. The van der Waals surface area contributed by atoms with Crippen LogP contribution < -0.4 is 5.32 Å². The third-order valence-corrected chi connectivity index (χ3v) is 2.73. The summed E-state index contributed by atoms with van der Waals surface area (Å²) >= 11 is 0. The van der Waals surface area contributed by atoms with Crippen LogP contribution in [-0.2, 0) is 4.74 Å². The Labute approximate surface area is 99.3 Å². The van der Waals surface area contributed by atoms with E-state index in [1.807, 2.05) is 13.8 Å². The van der Waals surface area contributed by atoms with Crippen molar-refractivity contribution in [3.05, 3.63) is 0 Å². The summed E-state index contributed by atoms with van der Waals surface area (Å²) in [4.78, 5) is 0. The SMILES string of the molecule is CC(C)COCC(O)CNC1(C(F)(F)F)CC1. The molecule has 1 aliphatic carbocycles. The predicted molar refractivity (Wildman–Crippen MR) is 57.7 cm³/mol. The number of β-amino-alcohol motifs (C(OH)–C–C–N with tert-alkyl or cyclic N) is 1. The number of hydrogen-bond donors (Lipinski definition) is 2. The first-order valence-corrected chi connectivity index (χ1v) is 5.84. The average molecular weight is 255 g/mol. The summed E-state index contributed by atoms with van der Waals surface area (Å²) < 4.78 is 42.7. The van der Waals surface area contributed by atoms with Gasteiger partial charge in [-0.05, 0) is 18.8 Å². The van der Waals surface area contributed by atoms with Crippen molar-refractivity contribution >= 4 is 0 Å². The Morgan fingerprint density at radius 1 is 1.29 bits per heavy atom. The smallest absolute Gasteiger partial charge is 0.389 e. The molecule has 0 amide bonds. The molecule has 1 fully saturated rings. The van der Waals surface area contributed by atoms with Crippen LogP contribution in [0.1, 0.15) is 26.7 Å². The second-order valence-electron chi connectivity index (χ2n) is 5.05. The summed E-state index contributed by atoms with van der Waals surface area (Å²) in [5.41, 5.74) is -1.76. The Balaban J connectivity index is 2.18. The second kappa shape index (κ2) is 5.54. The summed E-state index contributed by atoms with van der Waals surface area (Å²) in [6.45, 7) is 4.42. The number of ether oxygens (including phenoxy) is 1. The molecule has 1 atom stereocenters. The number of aliphatic hydroxyl groups excluding tert-OH is 1. The largest absolute Gasteiger partial charge is 0.406 e. The minimum atomic E-state index is -4.23. The third kappa shape index (κ3) is 4.44. The fourth-order valence-electron chi connectivity index (χ4n) is 1.50. The first kappa shape index (κ1) is 14.7. The zero-order chi connectivity index (χ0) is 13.1. The van der Waals surface area contributed by atoms with Gasteiger partial charge in [-0.15, -0.1) is 0 Å². The highest BCUT2D eigenvalue weighted by molar-refractivity contribution is 5.08. The fourth-order valence-corrected chi connectivity index (χ4v) is 1.50. The van der Waals surface area contributed by atoms with Crippen LogP contribution in [0.4, 0.5) is 13.2 Å². The molecule has 2 N–H and O–H groups in total. The van der Waals surface area contributed by atoms with Crippen molar-refractivity contribution in [3.8, 4) is 0 Å². The van der Waals surface area contributed by atoms with E-state index in [1.54, 1.807) is 0 Å². The highest BCUT2D eigenvalue weighted by Crippen LogP contribution is 2.48. The van der Waals surface area contributed by atoms with Gasteiger partial charge < -0.3 is 15.2 Å². The van der Waals surface area contributed by atoms with Crippen molar-refractivity contribution < 1.29 is 23.0 Å². The Hall–Kier alpha value is -0.330. The molecule has 0 heterocycles. The van der Waals surface area contributed by atoms with Gasteiger partial charge in [0.15, 0.2) is 0 Å². The van der Waals surface area contributed by atoms with Crippen molar-refractivity contribution in [2.24, 2.45) is 5.92 Å². The minimum Gasteiger partial charge on any atom is -0.389 e. The zero-order valence-corrected chi connectivity index (χ0v) is 10.2. The van der Waals surface area contributed by atoms with Crippen molar-refractivity contribution in [1.29, 1.82) is 0 Å². The van der Waals surface area contributed by atoms with E-state index in [1.165, 1.54) is 0 Å². The van der Waals surface area contributed by atoms with Gasteiger partial charge in [0.1, 0.15) is 5.54 Å². The van der Waals surface area contributed by atoms with Crippen LogP contribution in [0.5, 0.6) is 0 Å².